The topological polar surface area (TPSA) is 32.8 Å². The van der Waals surface area contributed by atoms with Gasteiger partial charge in [-0.1, -0.05) is 25.8 Å². The van der Waals surface area contributed by atoms with Gasteiger partial charge in [0.1, 0.15) is 0 Å². The summed E-state index contributed by atoms with van der Waals surface area (Å²) in [4.78, 5) is 12.8. The predicted molar refractivity (Wildman–Crippen MR) is 65.3 cm³/mol. The smallest absolute Gasteiger partial charge is 0.245 e. The monoisotopic (exact) mass is 225 g/mol. The Morgan fingerprint density at radius 3 is 2.62 bits per heavy atom. The zero-order chi connectivity index (χ0) is 12.0. The number of carbonyl (C=O) groups excluding carboxylic acids is 1. The van der Waals surface area contributed by atoms with Crippen LogP contribution in [0.25, 0.3) is 0 Å². The van der Waals surface area contributed by atoms with E-state index in [1.807, 2.05) is 6.08 Å². The van der Waals surface area contributed by atoms with Crippen LogP contribution in [0.15, 0.2) is 12.2 Å². The second kappa shape index (κ2) is 6.04. The fourth-order valence-corrected chi connectivity index (χ4v) is 1.69. The SMILES string of the molecule is CCCCC1(CC/C=C/C(=O)N(C)C)CO1. The first-order chi connectivity index (χ1) is 7.59. The van der Waals surface area contributed by atoms with Crippen LogP contribution in [0.2, 0.25) is 0 Å². The van der Waals surface area contributed by atoms with Crippen LogP contribution in [0.3, 0.4) is 0 Å². The zero-order valence-corrected chi connectivity index (χ0v) is 10.7. The second-order valence-corrected chi connectivity index (χ2v) is 4.75. The molecule has 1 aliphatic rings. The number of epoxide rings is 1. The first-order valence-electron chi connectivity index (χ1n) is 6.11. The molecule has 0 bridgehead atoms. The van der Waals surface area contributed by atoms with Gasteiger partial charge in [0, 0.05) is 14.1 Å². The van der Waals surface area contributed by atoms with Gasteiger partial charge in [0.05, 0.1) is 12.2 Å². The number of rotatable bonds is 7. The van der Waals surface area contributed by atoms with Crippen molar-refractivity contribution in [3.8, 4) is 0 Å². The molecule has 1 amide bonds. The Morgan fingerprint density at radius 2 is 2.12 bits per heavy atom. The highest BCUT2D eigenvalue weighted by Gasteiger charge is 2.42. The highest BCUT2D eigenvalue weighted by Crippen LogP contribution is 2.37. The minimum absolute atomic E-state index is 0.0549. The number of carbonyl (C=O) groups is 1. The van der Waals surface area contributed by atoms with Gasteiger partial charge >= 0.3 is 0 Å². The molecule has 0 aliphatic carbocycles. The predicted octanol–water partition coefficient (Wildman–Crippen LogP) is 2.37. The van der Waals surface area contributed by atoms with E-state index in [4.69, 9.17) is 4.74 Å². The molecule has 0 aromatic rings. The fraction of sp³-hybridized carbons (Fsp3) is 0.769. The summed E-state index contributed by atoms with van der Waals surface area (Å²) in [7, 11) is 3.53. The summed E-state index contributed by atoms with van der Waals surface area (Å²) in [6.45, 7) is 3.11. The van der Waals surface area contributed by atoms with E-state index in [1.54, 1.807) is 25.1 Å². The van der Waals surface area contributed by atoms with Gasteiger partial charge in [-0.05, 0) is 25.3 Å². The summed E-state index contributed by atoms with van der Waals surface area (Å²) in [6.07, 6.45) is 9.21. The van der Waals surface area contributed by atoms with Crippen LogP contribution in [0.4, 0.5) is 0 Å². The van der Waals surface area contributed by atoms with Gasteiger partial charge in [-0.2, -0.15) is 0 Å². The molecular formula is C13H23NO2. The molecule has 0 saturated carbocycles. The Bertz CT molecular complexity index is 255. The third-order valence-corrected chi connectivity index (χ3v) is 3.01. The number of ether oxygens (including phenoxy) is 1. The van der Waals surface area contributed by atoms with E-state index in [-0.39, 0.29) is 11.5 Å². The van der Waals surface area contributed by atoms with Crippen LogP contribution >= 0.6 is 0 Å². The highest BCUT2D eigenvalue weighted by molar-refractivity contribution is 5.87. The Hall–Kier alpha value is -0.830. The van der Waals surface area contributed by atoms with Crippen LogP contribution in [0.1, 0.15) is 39.0 Å². The first kappa shape index (κ1) is 13.2. The molecular weight excluding hydrogens is 202 g/mol. The number of allylic oxidation sites excluding steroid dienone is 1. The summed E-state index contributed by atoms with van der Waals surface area (Å²) >= 11 is 0. The van der Waals surface area contributed by atoms with E-state index in [0.29, 0.717) is 0 Å². The molecule has 0 aromatic heterocycles. The summed E-state index contributed by atoms with van der Waals surface area (Å²) in [6, 6.07) is 0. The zero-order valence-electron chi connectivity index (χ0n) is 10.7. The summed E-state index contributed by atoms with van der Waals surface area (Å²) in [5.41, 5.74) is 0.154. The lowest BCUT2D eigenvalue weighted by atomic mass is 9.97. The van der Waals surface area contributed by atoms with E-state index < -0.39 is 0 Å². The van der Waals surface area contributed by atoms with E-state index in [2.05, 4.69) is 6.92 Å². The van der Waals surface area contributed by atoms with Gasteiger partial charge in [-0.3, -0.25) is 4.79 Å². The van der Waals surface area contributed by atoms with Crippen molar-refractivity contribution < 1.29 is 9.53 Å². The van der Waals surface area contributed by atoms with Crippen molar-refractivity contribution in [2.45, 2.75) is 44.6 Å². The van der Waals surface area contributed by atoms with E-state index >= 15 is 0 Å². The van der Waals surface area contributed by atoms with Crippen LogP contribution in [0, 0.1) is 0 Å². The Labute approximate surface area is 98.5 Å². The molecule has 16 heavy (non-hydrogen) atoms. The number of hydrogen-bond donors (Lipinski definition) is 0. The lowest BCUT2D eigenvalue weighted by Crippen LogP contribution is -2.18. The maximum atomic E-state index is 11.3. The summed E-state index contributed by atoms with van der Waals surface area (Å²) < 4.78 is 5.52. The van der Waals surface area contributed by atoms with Crippen LogP contribution in [-0.2, 0) is 9.53 Å². The minimum atomic E-state index is 0.0549. The van der Waals surface area contributed by atoms with Crippen molar-refractivity contribution in [2.75, 3.05) is 20.7 Å². The van der Waals surface area contributed by atoms with Crippen LogP contribution < -0.4 is 0 Å². The van der Waals surface area contributed by atoms with Crippen molar-refractivity contribution in [2.24, 2.45) is 0 Å². The van der Waals surface area contributed by atoms with E-state index in [9.17, 15) is 4.79 Å². The largest absolute Gasteiger partial charge is 0.370 e. The molecule has 1 rings (SSSR count). The van der Waals surface area contributed by atoms with Crippen LogP contribution in [-0.4, -0.2) is 37.1 Å². The third-order valence-electron chi connectivity index (χ3n) is 3.01. The van der Waals surface area contributed by atoms with E-state index in [0.717, 1.165) is 19.4 Å². The number of unbranched alkanes of at least 4 members (excludes halogenated alkanes) is 1. The molecule has 0 aromatic carbocycles. The Balaban J connectivity index is 2.18. The molecule has 1 unspecified atom stereocenters. The molecule has 92 valence electrons. The molecule has 3 heteroatoms. The molecule has 0 radical (unpaired) electrons. The average Bonchev–Trinajstić information content (AvgIpc) is 3.02. The number of nitrogens with zero attached hydrogens (tertiary/aromatic N) is 1. The fourth-order valence-electron chi connectivity index (χ4n) is 1.69. The average molecular weight is 225 g/mol. The number of likely N-dealkylation sites (N-methyl/N-ethyl adjacent to an activating group) is 1. The lowest BCUT2D eigenvalue weighted by Gasteiger charge is -2.09. The molecule has 1 atom stereocenters. The standard InChI is InChI=1S/C13H23NO2/c1-4-5-9-13(11-16-13)10-7-6-8-12(15)14(2)3/h6,8H,4-5,7,9-11H2,1-3H3/b8-6+. The molecule has 3 nitrogen and oxygen atoms in total. The van der Waals surface area contributed by atoms with Crippen molar-refractivity contribution in [3.63, 3.8) is 0 Å². The lowest BCUT2D eigenvalue weighted by molar-refractivity contribution is -0.123. The Morgan fingerprint density at radius 1 is 1.44 bits per heavy atom. The maximum Gasteiger partial charge on any atom is 0.245 e. The highest BCUT2D eigenvalue weighted by atomic mass is 16.6. The third kappa shape index (κ3) is 4.35. The van der Waals surface area contributed by atoms with Gasteiger partial charge < -0.3 is 9.64 Å². The number of amides is 1. The minimum Gasteiger partial charge on any atom is -0.370 e. The summed E-state index contributed by atoms with van der Waals surface area (Å²) in [5, 5.41) is 0. The Kier molecular flexibility index (Phi) is 5.00. The van der Waals surface area contributed by atoms with Crippen molar-refractivity contribution in [1.82, 2.24) is 4.90 Å². The van der Waals surface area contributed by atoms with Gasteiger partial charge in [0.15, 0.2) is 0 Å². The first-order valence-corrected chi connectivity index (χ1v) is 6.11. The second-order valence-electron chi connectivity index (χ2n) is 4.75. The normalized spacial score (nSPS) is 23.7. The van der Waals surface area contributed by atoms with Crippen molar-refractivity contribution >= 4 is 5.91 Å². The quantitative estimate of drug-likeness (QED) is 0.492. The van der Waals surface area contributed by atoms with Gasteiger partial charge in [0.25, 0.3) is 0 Å². The van der Waals surface area contributed by atoms with Crippen molar-refractivity contribution in [1.29, 1.82) is 0 Å². The molecule has 0 spiro atoms. The number of hydrogen-bond acceptors (Lipinski definition) is 2. The molecule has 1 aliphatic heterocycles. The van der Waals surface area contributed by atoms with Gasteiger partial charge in [-0.15, -0.1) is 0 Å². The van der Waals surface area contributed by atoms with Crippen molar-refractivity contribution in [3.05, 3.63) is 12.2 Å². The van der Waals surface area contributed by atoms with E-state index in [1.165, 1.54) is 19.3 Å². The molecule has 1 fully saturated rings. The van der Waals surface area contributed by atoms with Crippen LogP contribution in [0.5, 0.6) is 0 Å². The van der Waals surface area contributed by atoms with Gasteiger partial charge in [0.2, 0.25) is 5.91 Å². The van der Waals surface area contributed by atoms with Gasteiger partial charge in [-0.25, -0.2) is 0 Å². The molecule has 0 N–H and O–H groups in total. The summed E-state index contributed by atoms with van der Waals surface area (Å²) in [5.74, 6) is 0.0549. The molecule has 1 saturated heterocycles. The molecule has 1 heterocycles. The maximum absolute atomic E-state index is 11.3.